The van der Waals surface area contributed by atoms with Gasteiger partial charge in [0.2, 0.25) is 5.91 Å². The second kappa shape index (κ2) is 7.39. The highest BCUT2D eigenvalue weighted by atomic mass is 32.1. The third-order valence-electron chi connectivity index (χ3n) is 5.72. The number of aromatic nitrogens is 2. The number of benzene rings is 1. The van der Waals surface area contributed by atoms with E-state index in [2.05, 4.69) is 10.3 Å². The first kappa shape index (κ1) is 19.0. The van der Waals surface area contributed by atoms with Gasteiger partial charge in [-0.3, -0.25) is 9.69 Å². The van der Waals surface area contributed by atoms with Gasteiger partial charge in [0.25, 0.3) is 5.82 Å². The monoisotopic (exact) mass is 428 g/mol. The lowest BCUT2D eigenvalue weighted by atomic mass is 9.81. The summed E-state index contributed by atoms with van der Waals surface area (Å²) in [5.41, 5.74) is 3.24. The molecule has 3 heterocycles. The first-order valence-electron chi connectivity index (χ1n) is 9.91. The second-order valence-electron chi connectivity index (χ2n) is 8.01. The van der Waals surface area contributed by atoms with Crippen LogP contribution in [0.3, 0.4) is 0 Å². The summed E-state index contributed by atoms with van der Waals surface area (Å²) in [5.74, 6) is 0.599. The van der Waals surface area contributed by atoms with Gasteiger partial charge in [-0.15, -0.1) is 11.3 Å². The van der Waals surface area contributed by atoms with Crippen LogP contribution in [0.25, 0.3) is 10.2 Å². The molecule has 1 aliphatic carbocycles. The fourth-order valence-electron chi connectivity index (χ4n) is 3.94. The van der Waals surface area contributed by atoms with Gasteiger partial charge < -0.3 is 15.3 Å². The number of rotatable bonds is 5. The van der Waals surface area contributed by atoms with Crippen LogP contribution in [0.4, 0.5) is 10.2 Å². The van der Waals surface area contributed by atoms with Gasteiger partial charge >= 0.3 is 0 Å². The fraction of sp³-hybridized carbons (Fsp3) is 0.381. The van der Waals surface area contributed by atoms with E-state index in [1.165, 1.54) is 23.5 Å². The number of fused-ring (bicyclic) bond motifs is 1. The number of nitrogens with zero attached hydrogens (tertiary/aromatic N) is 3. The SMILES string of the molecule is Cc1ccc(N2CC(NC(=O)C3CC(Oc4cc(F)cc5scnc45)C3)C2)[n+]([O-])c1. The zero-order valence-corrected chi connectivity index (χ0v) is 17.2. The maximum absolute atomic E-state index is 13.7. The number of thiazole rings is 1. The van der Waals surface area contributed by atoms with Gasteiger partial charge in [-0.05, 0) is 37.5 Å². The summed E-state index contributed by atoms with van der Waals surface area (Å²) in [6.07, 6.45) is 2.64. The number of hydrogen-bond acceptors (Lipinski definition) is 6. The van der Waals surface area contributed by atoms with Gasteiger partial charge in [0.05, 0.1) is 16.4 Å². The second-order valence-corrected chi connectivity index (χ2v) is 8.90. The largest absolute Gasteiger partial charge is 0.711 e. The summed E-state index contributed by atoms with van der Waals surface area (Å²) >= 11 is 1.37. The number of halogens is 1. The standard InChI is InChI=1S/C21H21FN4O3S/c1-12-2-3-19(26(28)8-12)25-9-15(10-25)24-21(27)13-4-16(5-13)29-17-6-14(22)7-18-20(17)23-11-30-18/h2-3,6-8,11,13,15-16H,4-5,9-10H2,1H3,(H,24,27). The van der Waals surface area contributed by atoms with Crippen molar-refractivity contribution in [1.29, 1.82) is 0 Å². The lowest BCUT2D eigenvalue weighted by Gasteiger charge is -2.39. The number of carbonyl (C=O) groups excluding carboxylic acids is 1. The van der Waals surface area contributed by atoms with Crippen molar-refractivity contribution in [1.82, 2.24) is 10.3 Å². The fourth-order valence-corrected chi connectivity index (χ4v) is 4.66. The third-order valence-corrected chi connectivity index (χ3v) is 6.50. The Bertz CT molecular complexity index is 1110. The van der Waals surface area contributed by atoms with Crippen LogP contribution in [0.5, 0.6) is 5.75 Å². The number of pyridine rings is 1. The first-order valence-corrected chi connectivity index (χ1v) is 10.8. The van der Waals surface area contributed by atoms with Gasteiger partial charge in [0.15, 0.2) is 0 Å². The van der Waals surface area contributed by atoms with Crippen LogP contribution in [0, 0.1) is 23.9 Å². The molecule has 2 aromatic heterocycles. The van der Waals surface area contributed by atoms with Crippen LogP contribution in [0.2, 0.25) is 0 Å². The summed E-state index contributed by atoms with van der Waals surface area (Å²) in [4.78, 5) is 18.7. The maximum atomic E-state index is 13.7. The predicted molar refractivity (Wildman–Crippen MR) is 111 cm³/mol. The molecule has 1 amide bonds. The van der Waals surface area contributed by atoms with Gasteiger partial charge in [0.1, 0.15) is 42.3 Å². The molecule has 0 unspecified atom stereocenters. The van der Waals surface area contributed by atoms with Gasteiger partial charge in [0, 0.05) is 18.1 Å². The normalized spacial score (nSPS) is 21.2. The number of hydrogen-bond donors (Lipinski definition) is 1. The molecule has 1 N–H and O–H groups in total. The third kappa shape index (κ3) is 3.54. The minimum absolute atomic E-state index is 0.0106. The van der Waals surface area contributed by atoms with E-state index in [0.717, 1.165) is 15.0 Å². The Morgan fingerprint density at radius 3 is 2.93 bits per heavy atom. The molecule has 1 aromatic carbocycles. The number of nitrogens with one attached hydrogen (secondary N) is 1. The molecule has 1 saturated heterocycles. The van der Waals surface area contributed by atoms with Crippen molar-refractivity contribution in [2.45, 2.75) is 31.9 Å². The molecule has 156 valence electrons. The highest BCUT2D eigenvalue weighted by Gasteiger charge is 2.41. The Hall–Kier alpha value is -2.94. The van der Waals surface area contributed by atoms with E-state index in [0.29, 0.717) is 43.0 Å². The van der Waals surface area contributed by atoms with Crippen molar-refractivity contribution >= 4 is 33.3 Å². The number of ether oxygens (including phenoxy) is 1. The van der Waals surface area contributed by atoms with Crippen molar-refractivity contribution in [3.8, 4) is 5.75 Å². The molecule has 0 bridgehead atoms. The maximum Gasteiger partial charge on any atom is 0.279 e. The van der Waals surface area contributed by atoms with Crippen LogP contribution in [0.1, 0.15) is 18.4 Å². The lowest BCUT2D eigenvalue weighted by molar-refractivity contribution is -0.593. The molecular formula is C21H21FN4O3S. The lowest BCUT2D eigenvalue weighted by Crippen LogP contribution is -2.63. The Balaban J connectivity index is 1.10. The summed E-state index contributed by atoms with van der Waals surface area (Å²) < 4.78 is 21.3. The molecule has 2 fully saturated rings. The van der Waals surface area contributed by atoms with Crippen molar-refractivity contribution in [2.75, 3.05) is 18.0 Å². The van der Waals surface area contributed by atoms with E-state index in [-0.39, 0.29) is 29.8 Å². The Morgan fingerprint density at radius 2 is 2.17 bits per heavy atom. The number of anilines is 1. The highest BCUT2D eigenvalue weighted by molar-refractivity contribution is 7.16. The first-order chi connectivity index (χ1) is 14.5. The van der Waals surface area contributed by atoms with Gasteiger partial charge in [-0.2, -0.15) is 0 Å². The van der Waals surface area contributed by atoms with E-state index < -0.39 is 0 Å². The molecule has 7 nitrogen and oxygen atoms in total. The molecule has 5 rings (SSSR count). The van der Waals surface area contributed by atoms with Crippen molar-refractivity contribution in [2.24, 2.45) is 5.92 Å². The van der Waals surface area contributed by atoms with E-state index in [4.69, 9.17) is 4.74 Å². The molecule has 0 atom stereocenters. The van der Waals surface area contributed by atoms with E-state index >= 15 is 0 Å². The average Bonchev–Trinajstić information content (AvgIpc) is 3.09. The van der Waals surface area contributed by atoms with Crippen LogP contribution in [-0.2, 0) is 4.79 Å². The molecule has 30 heavy (non-hydrogen) atoms. The molecule has 2 aliphatic rings. The zero-order valence-electron chi connectivity index (χ0n) is 16.4. The van der Waals surface area contributed by atoms with Crippen molar-refractivity contribution < 1.29 is 18.7 Å². The summed E-state index contributed by atoms with van der Waals surface area (Å²) in [6.45, 7) is 3.12. The summed E-state index contributed by atoms with van der Waals surface area (Å²) in [7, 11) is 0. The minimum atomic E-state index is -0.349. The highest BCUT2D eigenvalue weighted by Crippen LogP contribution is 2.35. The van der Waals surface area contributed by atoms with Gasteiger partial charge in [-0.1, -0.05) is 0 Å². The molecule has 1 saturated carbocycles. The van der Waals surface area contributed by atoms with E-state index in [1.54, 1.807) is 17.8 Å². The average molecular weight is 428 g/mol. The predicted octanol–water partition coefficient (Wildman–Crippen LogP) is 2.54. The summed E-state index contributed by atoms with van der Waals surface area (Å²) in [6, 6.07) is 6.55. The van der Waals surface area contributed by atoms with E-state index in [9.17, 15) is 14.4 Å². The quantitative estimate of drug-likeness (QED) is 0.499. The van der Waals surface area contributed by atoms with Crippen LogP contribution in [-0.4, -0.2) is 36.1 Å². The Morgan fingerprint density at radius 1 is 1.37 bits per heavy atom. The molecule has 9 heteroatoms. The zero-order chi connectivity index (χ0) is 20.8. The number of amides is 1. The minimum Gasteiger partial charge on any atom is -0.711 e. The summed E-state index contributed by atoms with van der Waals surface area (Å²) in [5, 5.41) is 15.0. The topological polar surface area (TPSA) is 81.4 Å². The molecule has 3 aromatic rings. The van der Waals surface area contributed by atoms with Crippen molar-refractivity contribution in [3.05, 3.63) is 52.6 Å². The van der Waals surface area contributed by atoms with Gasteiger partial charge in [-0.25, -0.2) is 14.1 Å². The number of aryl methyl sites for hydroxylation is 1. The molecule has 0 spiro atoms. The molecular weight excluding hydrogens is 407 g/mol. The Labute approximate surface area is 176 Å². The number of carbonyl (C=O) groups is 1. The molecule has 0 radical (unpaired) electrons. The van der Waals surface area contributed by atoms with Crippen LogP contribution in [0.15, 0.2) is 36.0 Å². The van der Waals surface area contributed by atoms with Crippen LogP contribution >= 0.6 is 11.3 Å². The smallest absolute Gasteiger partial charge is 0.279 e. The van der Waals surface area contributed by atoms with E-state index in [1.807, 2.05) is 17.9 Å². The molecule has 1 aliphatic heterocycles. The Kier molecular flexibility index (Phi) is 4.69. The van der Waals surface area contributed by atoms with Crippen LogP contribution < -0.4 is 19.7 Å². The van der Waals surface area contributed by atoms with Crippen molar-refractivity contribution in [3.63, 3.8) is 0 Å².